The van der Waals surface area contributed by atoms with E-state index >= 15 is 0 Å². The van der Waals surface area contributed by atoms with Gasteiger partial charge in [0.05, 0.1) is 13.7 Å². The van der Waals surface area contributed by atoms with Crippen LogP contribution in [0, 0.1) is 6.92 Å². The first-order valence-electron chi connectivity index (χ1n) is 4.29. The number of hydrogen-bond acceptors (Lipinski definition) is 6. The second-order valence-corrected chi connectivity index (χ2v) is 2.74. The van der Waals surface area contributed by atoms with Crippen LogP contribution in [0.25, 0.3) is 0 Å². The average molecular weight is 199 g/mol. The highest BCUT2D eigenvalue weighted by Gasteiger charge is 2.03. The molecule has 0 aliphatic carbocycles. The number of ether oxygens (including phenoxy) is 1. The van der Waals surface area contributed by atoms with Crippen molar-refractivity contribution < 1.29 is 14.1 Å². The zero-order valence-corrected chi connectivity index (χ0v) is 8.24. The molecule has 0 bridgehead atoms. The highest BCUT2D eigenvalue weighted by Crippen LogP contribution is 1.95. The minimum absolute atomic E-state index is 0.198. The summed E-state index contributed by atoms with van der Waals surface area (Å²) in [4.78, 5) is 14.7. The summed E-state index contributed by atoms with van der Waals surface area (Å²) in [6, 6.07) is 0. The van der Waals surface area contributed by atoms with Crippen molar-refractivity contribution in [3.05, 3.63) is 11.7 Å². The average Bonchev–Trinajstić information content (AvgIpc) is 2.58. The molecule has 1 heterocycles. The van der Waals surface area contributed by atoms with Crippen molar-refractivity contribution in [1.82, 2.24) is 15.5 Å². The van der Waals surface area contributed by atoms with Crippen LogP contribution in [0.1, 0.15) is 11.7 Å². The lowest BCUT2D eigenvalue weighted by molar-refractivity contribution is -0.139. The Morgan fingerprint density at radius 1 is 1.64 bits per heavy atom. The van der Waals surface area contributed by atoms with Gasteiger partial charge in [0.1, 0.15) is 0 Å². The molecule has 1 rings (SSSR count). The molecule has 0 saturated carbocycles. The standard InChI is InChI=1S/C8H13N3O3/c1-6-10-7(14-11-6)3-4-9-5-8(12)13-2/h9H,3-5H2,1-2H3. The number of esters is 1. The van der Waals surface area contributed by atoms with E-state index in [9.17, 15) is 4.79 Å². The lowest BCUT2D eigenvalue weighted by atomic mass is 10.4. The molecule has 0 amide bonds. The number of nitrogens with zero attached hydrogens (tertiary/aromatic N) is 2. The molecular weight excluding hydrogens is 186 g/mol. The van der Waals surface area contributed by atoms with Gasteiger partial charge in [0.2, 0.25) is 5.89 Å². The first-order chi connectivity index (χ1) is 6.72. The van der Waals surface area contributed by atoms with Crippen LogP contribution in [0.3, 0.4) is 0 Å². The summed E-state index contributed by atoms with van der Waals surface area (Å²) in [7, 11) is 1.35. The Balaban J connectivity index is 2.13. The van der Waals surface area contributed by atoms with E-state index < -0.39 is 0 Å². The number of rotatable bonds is 5. The highest BCUT2D eigenvalue weighted by atomic mass is 16.5. The maximum Gasteiger partial charge on any atom is 0.319 e. The van der Waals surface area contributed by atoms with E-state index in [4.69, 9.17) is 4.52 Å². The van der Waals surface area contributed by atoms with E-state index in [1.54, 1.807) is 6.92 Å². The summed E-state index contributed by atoms with van der Waals surface area (Å²) >= 11 is 0. The van der Waals surface area contributed by atoms with E-state index in [1.807, 2.05) is 0 Å². The van der Waals surface area contributed by atoms with E-state index in [0.29, 0.717) is 24.7 Å². The fourth-order valence-corrected chi connectivity index (χ4v) is 0.900. The largest absolute Gasteiger partial charge is 0.468 e. The first-order valence-corrected chi connectivity index (χ1v) is 4.29. The number of nitrogens with one attached hydrogen (secondary N) is 1. The summed E-state index contributed by atoms with van der Waals surface area (Å²) in [5.74, 6) is 0.902. The molecule has 0 saturated heterocycles. The van der Waals surface area contributed by atoms with Gasteiger partial charge in [0, 0.05) is 13.0 Å². The molecule has 0 fully saturated rings. The molecule has 0 unspecified atom stereocenters. The Kier molecular flexibility index (Phi) is 4.06. The van der Waals surface area contributed by atoms with Crippen LogP contribution in [0.15, 0.2) is 4.52 Å². The second kappa shape index (κ2) is 5.33. The lowest BCUT2D eigenvalue weighted by Gasteiger charge is -1.99. The zero-order valence-electron chi connectivity index (χ0n) is 8.24. The quantitative estimate of drug-likeness (QED) is 0.517. The number of carbonyl (C=O) groups excluding carboxylic acids is 1. The van der Waals surface area contributed by atoms with Gasteiger partial charge in [-0.2, -0.15) is 4.98 Å². The van der Waals surface area contributed by atoms with Gasteiger partial charge in [0.25, 0.3) is 0 Å². The summed E-state index contributed by atoms with van der Waals surface area (Å²) in [6.07, 6.45) is 0.609. The minimum atomic E-state index is -0.285. The molecule has 78 valence electrons. The van der Waals surface area contributed by atoms with Gasteiger partial charge >= 0.3 is 5.97 Å². The van der Waals surface area contributed by atoms with Crippen LogP contribution in [0.4, 0.5) is 0 Å². The third-order valence-electron chi connectivity index (χ3n) is 1.58. The Hall–Kier alpha value is -1.43. The number of methoxy groups -OCH3 is 1. The van der Waals surface area contributed by atoms with Crippen LogP contribution >= 0.6 is 0 Å². The Morgan fingerprint density at radius 3 is 3.00 bits per heavy atom. The van der Waals surface area contributed by atoms with E-state index in [2.05, 4.69) is 20.2 Å². The van der Waals surface area contributed by atoms with Crippen molar-refractivity contribution in [3.63, 3.8) is 0 Å². The van der Waals surface area contributed by atoms with Crippen molar-refractivity contribution in [1.29, 1.82) is 0 Å². The van der Waals surface area contributed by atoms with Crippen molar-refractivity contribution in [2.45, 2.75) is 13.3 Å². The zero-order chi connectivity index (χ0) is 10.4. The fourth-order valence-electron chi connectivity index (χ4n) is 0.900. The number of hydrogen-bond donors (Lipinski definition) is 1. The molecule has 14 heavy (non-hydrogen) atoms. The molecule has 1 N–H and O–H groups in total. The number of aromatic nitrogens is 2. The van der Waals surface area contributed by atoms with E-state index in [0.717, 1.165) is 0 Å². The molecule has 1 aromatic heterocycles. The minimum Gasteiger partial charge on any atom is -0.468 e. The van der Waals surface area contributed by atoms with Crippen molar-refractivity contribution in [2.24, 2.45) is 0 Å². The molecule has 0 aliphatic heterocycles. The summed E-state index contributed by atoms with van der Waals surface area (Å²) in [5, 5.41) is 6.53. The summed E-state index contributed by atoms with van der Waals surface area (Å²) in [6.45, 7) is 2.56. The molecule has 0 atom stereocenters. The predicted octanol–water partition coefficient (Wildman–Crippen LogP) is -0.317. The van der Waals surface area contributed by atoms with Gasteiger partial charge in [-0.05, 0) is 6.92 Å². The molecule has 1 aromatic rings. The van der Waals surface area contributed by atoms with Gasteiger partial charge < -0.3 is 14.6 Å². The van der Waals surface area contributed by atoms with Crippen LogP contribution in [0.5, 0.6) is 0 Å². The Bertz CT molecular complexity index is 298. The summed E-state index contributed by atoms with van der Waals surface area (Å²) < 4.78 is 9.33. The molecule has 0 aromatic carbocycles. The lowest BCUT2D eigenvalue weighted by Crippen LogP contribution is -2.25. The van der Waals surface area contributed by atoms with Gasteiger partial charge in [-0.25, -0.2) is 0 Å². The Labute approximate surface area is 81.6 Å². The van der Waals surface area contributed by atoms with Crippen LogP contribution in [-0.4, -0.2) is 36.3 Å². The van der Waals surface area contributed by atoms with E-state index in [-0.39, 0.29) is 12.5 Å². The van der Waals surface area contributed by atoms with Crippen LogP contribution in [-0.2, 0) is 16.0 Å². The van der Waals surface area contributed by atoms with Crippen LogP contribution in [0.2, 0.25) is 0 Å². The number of carbonyl (C=O) groups is 1. The van der Waals surface area contributed by atoms with Gasteiger partial charge in [0.15, 0.2) is 5.82 Å². The number of aryl methyl sites for hydroxylation is 1. The van der Waals surface area contributed by atoms with Crippen molar-refractivity contribution >= 4 is 5.97 Å². The SMILES string of the molecule is COC(=O)CNCCc1nc(C)no1. The van der Waals surface area contributed by atoms with Gasteiger partial charge in [-0.1, -0.05) is 5.16 Å². The molecule has 0 spiro atoms. The normalized spacial score (nSPS) is 10.1. The van der Waals surface area contributed by atoms with Crippen molar-refractivity contribution in [3.8, 4) is 0 Å². The van der Waals surface area contributed by atoms with Crippen molar-refractivity contribution in [2.75, 3.05) is 20.2 Å². The predicted molar refractivity (Wildman–Crippen MR) is 47.6 cm³/mol. The maximum atomic E-state index is 10.7. The topological polar surface area (TPSA) is 77.2 Å². The third kappa shape index (κ3) is 3.53. The fraction of sp³-hybridized carbons (Fsp3) is 0.625. The monoisotopic (exact) mass is 199 g/mol. The maximum absolute atomic E-state index is 10.7. The molecule has 6 nitrogen and oxygen atoms in total. The molecule has 0 aliphatic rings. The smallest absolute Gasteiger partial charge is 0.319 e. The van der Waals surface area contributed by atoms with Gasteiger partial charge in [-0.15, -0.1) is 0 Å². The molecule has 6 heteroatoms. The molecular formula is C8H13N3O3. The van der Waals surface area contributed by atoms with Gasteiger partial charge in [-0.3, -0.25) is 4.79 Å². The van der Waals surface area contributed by atoms with E-state index in [1.165, 1.54) is 7.11 Å². The first kappa shape index (κ1) is 10.6. The Morgan fingerprint density at radius 2 is 2.43 bits per heavy atom. The van der Waals surface area contributed by atoms with Crippen LogP contribution < -0.4 is 5.32 Å². The highest BCUT2D eigenvalue weighted by molar-refractivity contribution is 5.71. The second-order valence-electron chi connectivity index (χ2n) is 2.74. The molecule has 0 radical (unpaired) electrons. The third-order valence-corrected chi connectivity index (χ3v) is 1.58. The summed E-state index contributed by atoms with van der Waals surface area (Å²) in [5.41, 5.74) is 0.